The quantitative estimate of drug-likeness (QED) is 0.479. The molecular weight excluding hydrogens is 287 g/mol. The highest BCUT2D eigenvalue weighted by molar-refractivity contribution is 6.20. The van der Waals surface area contributed by atoms with Crippen molar-refractivity contribution in [3.05, 3.63) is 39.7 Å². The molecule has 108 valence electrons. The van der Waals surface area contributed by atoms with E-state index in [-0.39, 0.29) is 16.9 Å². The summed E-state index contributed by atoms with van der Waals surface area (Å²) in [6, 6.07) is 2.92. The van der Waals surface area contributed by atoms with Crippen molar-refractivity contribution in [1.82, 2.24) is 4.90 Å². The second-order valence-corrected chi connectivity index (χ2v) is 5.55. The average Bonchev–Trinajstić information content (AvgIpc) is 2.40. The number of benzene rings is 1. The van der Waals surface area contributed by atoms with E-state index in [2.05, 4.69) is 0 Å². The summed E-state index contributed by atoms with van der Waals surface area (Å²) >= 11 is 6.09. The minimum absolute atomic E-state index is 0.00285. The second-order valence-electron chi connectivity index (χ2n) is 4.99. The zero-order valence-electron chi connectivity index (χ0n) is 10.9. The van der Waals surface area contributed by atoms with E-state index in [1.807, 2.05) is 6.92 Å². The first kappa shape index (κ1) is 14.7. The normalized spacial score (nSPS) is 22.6. The third-order valence-electron chi connectivity index (χ3n) is 3.43. The Morgan fingerprint density at radius 3 is 2.80 bits per heavy atom. The van der Waals surface area contributed by atoms with Gasteiger partial charge in [-0.3, -0.25) is 14.9 Å². The molecule has 20 heavy (non-hydrogen) atoms. The van der Waals surface area contributed by atoms with Crippen molar-refractivity contribution < 1.29 is 14.1 Å². The van der Waals surface area contributed by atoms with Crippen LogP contribution in [0.15, 0.2) is 18.2 Å². The zero-order chi connectivity index (χ0) is 14.9. The highest BCUT2D eigenvalue weighted by Crippen LogP contribution is 2.24. The van der Waals surface area contributed by atoms with Crippen molar-refractivity contribution in [3.8, 4) is 0 Å². The van der Waals surface area contributed by atoms with Gasteiger partial charge in [-0.25, -0.2) is 4.39 Å². The number of non-ortho nitro benzene ring substituents is 1. The summed E-state index contributed by atoms with van der Waals surface area (Å²) in [6.45, 7) is 2.88. The molecule has 7 heteroatoms. The fraction of sp³-hybridized carbons (Fsp3) is 0.462. The molecule has 1 aliphatic heterocycles. The van der Waals surface area contributed by atoms with E-state index in [1.54, 1.807) is 4.90 Å². The van der Waals surface area contributed by atoms with Gasteiger partial charge >= 0.3 is 0 Å². The van der Waals surface area contributed by atoms with E-state index in [4.69, 9.17) is 11.6 Å². The van der Waals surface area contributed by atoms with Crippen molar-refractivity contribution in [2.45, 2.75) is 18.7 Å². The molecule has 5 nitrogen and oxygen atoms in total. The predicted octanol–water partition coefficient (Wildman–Crippen LogP) is 2.82. The Labute approximate surface area is 120 Å². The minimum atomic E-state index is -0.789. The summed E-state index contributed by atoms with van der Waals surface area (Å²) in [5, 5.41) is 10.7. The second kappa shape index (κ2) is 5.75. The number of amides is 1. The van der Waals surface area contributed by atoms with Crippen molar-refractivity contribution in [1.29, 1.82) is 0 Å². The van der Waals surface area contributed by atoms with Crippen LogP contribution in [-0.4, -0.2) is 34.2 Å². The molecule has 0 spiro atoms. The van der Waals surface area contributed by atoms with Crippen molar-refractivity contribution in [2.24, 2.45) is 5.92 Å². The van der Waals surface area contributed by atoms with Gasteiger partial charge in [0.25, 0.3) is 11.6 Å². The molecule has 1 heterocycles. The first-order chi connectivity index (χ1) is 9.38. The lowest BCUT2D eigenvalue weighted by Gasteiger charge is -2.34. The van der Waals surface area contributed by atoms with Gasteiger partial charge in [0.05, 0.1) is 11.0 Å². The summed E-state index contributed by atoms with van der Waals surface area (Å²) in [5.74, 6) is -1.05. The van der Waals surface area contributed by atoms with Crippen LogP contribution in [-0.2, 0) is 0 Å². The SMILES string of the molecule is CC1CN(C(=O)c2cc(F)cc([N+](=O)[O-])c2)CCC1Cl. The number of piperidine rings is 1. The Hall–Kier alpha value is -1.69. The van der Waals surface area contributed by atoms with Gasteiger partial charge in [-0.2, -0.15) is 0 Å². The number of carbonyl (C=O) groups is 1. The maximum absolute atomic E-state index is 13.4. The predicted molar refractivity (Wildman–Crippen MR) is 72.4 cm³/mol. The molecule has 1 aromatic carbocycles. The Bertz CT molecular complexity index is 552. The third-order valence-corrected chi connectivity index (χ3v) is 4.08. The largest absolute Gasteiger partial charge is 0.338 e. The fourth-order valence-corrected chi connectivity index (χ4v) is 2.46. The molecule has 1 aliphatic rings. The van der Waals surface area contributed by atoms with Crippen LogP contribution in [0, 0.1) is 21.8 Å². The van der Waals surface area contributed by atoms with Gasteiger partial charge in [-0.05, 0) is 18.4 Å². The van der Waals surface area contributed by atoms with Crippen LogP contribution in [0.5, 0.6) is 0 Å². The van der Waals surface area contributed by atoms with E-state index in [0.29, 0.717) is 19.5 Å². The molecule has 0 bridgehead atoms. The van der Waals surface area contributed by atoms with E-state index < -0.39 is 22.3 Å². The molecular formula is C13H14ClFN2O3. The molecule has 0 aromatic heterocycles. The van der Waals surface area contributed by atoms with E-state index in [1.165, 1.54) is 0 Å². The van der Waals surface area contributed by atoms with Crippen LogP contribution in [0.1, 0.15) is 23.7 Å². The topological polar surface area (TPSA) is 63.5 Å². The van der Waals surface area contributed by atoms with Gasteiger partial charge in [0.1, 0.15) is 5.82 Å². The van der Waals surface area contributed by atoms with Gasteiger partial charge in [-0.1, -0.05) is 6.92 Å². The number of rotatable bonds is 2. The molecule has 2 atom stereocenters. The zero-order valence-corrected chi connectivity index (χ0v) is 11.6. The number of halogens is 2. The fourth-order valence-electron chi connectivity index (χ4n) is 2.29. The lowest BCUT2D eigenvalue weighted by atomic mass is 9.99. The maximum atomic E-state index is 13.4. The standard InChI is InChI=1S/C13H14ClFN2O3/c1-8-7-16(3-2-12(8)14)13(18)9-4-10(15)6-11(5-9)17(19)20/h4-6,8,12H,2-3,7H2,1H3. The van der Waals surface area contributed by atoms with E-state index >= 15 is 0 Å². The van der Waals surface area contributed by atoms with Crippen LogP contribution in [0.2, 0.25) is 0 Å². The molecule has 0 aliphatic carbocycles. The maximum Gasteiger partial charge on any atom is 0.273 e. The van der Waals surface area contributed by atoms with E-state index in [9.17, 15) is 19.3 Å². The minimum Gasteiger partial charge on any atom is -0.338 e. The van der Waals surface area contributed by atoms with Crippen LogP contribution >= 0.6 is 11.6 Å². The van der Waals surface area contributed by atoms with Crippen molar-refractivity contribution in [2.75, 3.05) is 13.1 Å². The van der Waals surface area contributed by atoms with Crippen molar-refractivity contribution in [3.63, 3.8) is 0 Å². The van der Waals surface area contributed by atoms with Gasteiger partial charge in [-0.15, -0.1) is 11.6 Å². The number of nitro groups is 1. The van der Waals surface area contributed by atoms with Gasteiger partial charge < -0.3 is 4.90 Å². The smallest absolute Gasteiger partial charge is 0.273 e. The Morgan fingerprint density at radius 2 is 2.20 bits per heavy atom. The first-order valence-electron chi connectivity index (χ1n) is 6.27. The Kier molecular flexibility index (Phi) is 4.23. The molecule has 2 unspecified atom stereocenters. The highest BCUT2D eigenvalue weighted by atomic mass is 35.5. The van der Waals surface area contributed by atoms with Crippen LogP contribution in [0.25, 0.3) is 0 Å². The first-order valence-corrected chi connectivity index (χ1v) is 6.70. The Balaban J connectivity index is 2.23. The summed E-state index contributed by atoms with van der Waals surface area (Å²) < 4.78 is 13.4. The lowest BCUT2D eigenvalue weighted by Crippen LogP contribution is -2.43. The Morgan fingerprint density at radius 1 is 1.50 bits per heavy atom. The molecule has 1 amide bonds. The lowest BCUT2D eigenvalue weighted by molar-refractivity contribution is -0.385. The summed E-state index contributed by atoms with van der Waals surface area (Å²) in [7, 11) is 0. The summed E-state index contributed by atoms with van der Waals surface area (Å²) in [6.07, 6.45) is 0.659. The molecule has 0 radical (unpaired) electrons. The number of nitrogens with zero attached hydrogens (tertiary/aromatic N) is 2. The molecule has 0 N–H and O–H groups in total. The number of hydrogen-bond donors (Lipinski definition) is 0. The number of likely N-dealkylation sites (tertiary alicyclic amines) is 1. The third kappa shape index (κ3) is 3.07. The average molecular weight is 301 g/mol. The summed E-state index contributed by atoms with van der Waals surface area (Å²) in [5.41, 5.74) is -0.425. The van der Waals surface area contributed by atoms with Gasteiger partial charge in [0, 0.05) is 30.1 Å². The molecule has 1 fully saturated rings. The number of carbonyl (C=O) groups excluding carboxylic acids is 1. The number of hydrogen-bond acceptors (Lipinski definition) is 3. The van der Waals surface area contributed by atoms with Crippen LogP contribution < -0.4 is 0 Å². The van der Waals surface area contributed by atoms with Gasteiger partial charge in [0.15, 0.2) is 0 Å². The molecule has 2 rings (SSSR count). The van der Waals surface area contributed by atoms with Crippen molar-refractivity contribution >= 4 is 23.2 Å². The van der Waals surface area contributed by atoms with Gasteiger partial charge in [0.2, 0.25) is 0 Å². The molecule has 0 saturated carbocycles. The molecule has 1 saturated heterocycles. The monoisotopic (exact) mass is 300 g/mol. The highest BCUT2D eigenvalue weighted by Gasteiger charge is 2.28. The number of alkyl halides is 1. The summed E-state index contributed by atoms with van der Waals surface area (Å²) in [4.78, 5) is 23.8. The number of nitro benzene ring substituents is 1. The van der Waals surface area contributed by atoms with Crippen LogP contribution in [0.3, 0.4) is 0 Å². The van der Waals surface area contributed by atoms with E-state index in [0.717, 1.165) is 18.2 Å². The molecule has 1 aromatic rings. The van der Waals surface area contributed by atoms with Crippen LogP contribution in [0.4, 0.5) is 10.1 Å².